The molecule has 0 radical (unpaired) electrons. The second-order valence-electron chi connectivity index (χ2n) is 4.24. The molecular weight excluding hydrogens is 290 g/mol. The van der Waals surface area contributed by atoms with Gasteiger partial charge in [-0.3, -0.25) is 4.57 Å². The Hall–Kier alpha value is -2.67. The fourth-order valence-corrected chi connectivity index (χ4v) is 2.07. The minimum atomic E-state index is 0.120. The van der Waals surface area contributed by atoms with E-state index in [1.165, 1.54) is 0 Å². The zero-order valence-electron chi connectivity index (χ0n) is 10.9. The Labute approximate surface area is 125 Å². The predicted molar refractivity (Wildman–Crippen MR) is 80.1 cm³/mol. The van der Waals surface area contributed by atoms with Crippen LogP contribution in [0, 0.1) is 0 Å². The Morgan fingerprint density at radius 1 is 1.19 bits per heavy atom. The van der Waals surface area contributed by atoms with Gasteiger partial charge in [0.2, 0.25) is 5.95 Å². The smallest absolute Gasteiger partial charge is 0.223 e. The van der Waals surface area contributed by atoms with Gasteiger partial charge in [0, 0.05) is 11.8 Å². The van der Waals surface area contributed by atoms with Crippen LogP contribution in [0.25, 0.3) is 5.69 Å². The average molecular weight is 302 g/mol. The van der Waals surface area contributed by atoms with Gasteiger partial charge in [-0.2, -0.15) is 4.98 Å². The summed E-state index contributed by atoms with van der Waals surface area (Å²) in [5, 5.41) is 11.4. The minimum Gasteiger partial charge on any atom is -0.368 e. The van der Waals surface area contributed by atoms with Gasteiger partial charge in [-0.15, -0.1) is 10.2 Å². The van der Waals surface area contributed by atoms with Gasteiger partial charge in [0.25, 0.3) is 0 Å². The van der Waals surface area contributed by atoms with E-state index < -0.39 is 0 Å². The van der Waals surface area contributed by atoms with Crippen LogP contribution < -0.4 is 11.1 Å². The molecule has 3 N–H and O–H groups in total. The maximum absolute atomic E-state index is 5.83. The largest absolute Gasteiger partial charge is 0.368 e. The van der Waals surface area contributed by atoms with Crippen molar-refractivity contribution in [3.8, 4) is 5.69 Å². The SMILES string of the molecule is Nc1nc(Cl)cc(NCc2nncn2-c2ccccc2)n1. The third-order valence-corrected chi connectivity index (χ3v) is 2.99. The summed E-state index contributed by atoms with van der Waals surface area (Å²) in [5.41, 5.74) is 6.54. The zero-order chi connectivity index (χ0) is 14.7. The van der Waals surface area contributed by atoms with Crippen LogP contribution >= 0.6 is 11.6 Å². The van der Waals surface area contributed by atoms with Crippen LogP contribution in [0.15, 0.2) is 42.7 Å². The molecule has 3 aromatic rings. The lowest BCUT2D eigenvalue weighted by Crippen LogP contribution is -2.09. The topological polar surface area (TPSA) is 94.5 Å². The minimum absolute atomic E-state index is 0.120. The number of para-hydroxylation sites is 1. The first-order valence-electron chi connectivity index (χ1n) is 6.20. The Morgan fingerprint density at radius 3 is 2.76 bits per heavy atom. The molecule has 0 aliphatic carbocycles. The quantitative estimate of drug-likeness (QED) is 0.715. The average Bonchev–Trinajstić information content (AvgIpc) is 2.93. The van der Waals surface area contributed by atoms with Crippen molar-refractivity contribution in [1.29, 1.82) is 0 Å². The van der Waals surface area contributed by atoms with Crippen molar-refractivity contribution in [2.24, 2.45) is 0 Å². The fourth-order valence-electron chi connectivity index (χ4n) is 1.88. The van der Waals surface area contributed by atoms with E-state index in [0.29, 0.717) is 12.4 Å². The van der Waals surface area contributed by atoms with Crippen molar-refractivity contribution < 1.29 is 0 Å². The molecule has 1 aromatic carbocycles. The number of nitrogens with zero attached hydrogens (tertiary/aromatic N) is 5. The molecule has 0 saturated heterocycles. The molecule has 0 aliphatic heterocycles. The third kappa shape index (κ3) is 3.09. The highest BCUT2D eigenvalue weighted by molar-refractivity contribution is 6.29. The van der Waals surface area contributed by atoms with E-state index in [2.05, 4.69) is 25.5 Å². The standard InChI is InChI=1S/C13H12ClN7/c14-10-6-11(19-13(15)18-10)16-7-12-20-17-8-21(12)9-4-2-1-3-5-9/h1-6,8H,7H2,(H3,15,16,18,19). The molecule has 0 saturated carbocycles. The molecule has 7 nitrogen and oxygen atoms in total. The van der Waals surface area contributed by atoms with E-state index in [4.69, 9.17) is 17.3 Å². The highest BCUT2D eigenvalue weighted by atomic mass is 35.5. The maximum atomic E-state index is 5.83. The summed E-state index contributed by atoms with van der Waals surface area (Å²) in [6, 6.07) is 11.4. The maximum Gasteiger partial charge on any atom is 0.223 e. The highest BCUT2D eigenvalue weighted by Gasteiger charge is 2.07. The summed E-state index contributed by atoms with van der Waals surface area (Å²) < 4.78 is 1.89. The molecule has 0 amide bonds. The first-order valence-corrected chi connectivity index (χ1v) is 6.58. The molecule has 106 valence electrons. The van der Waals surface area contributed by atoms with Crippen LogP contribution in [-0.2, 0) is 6.54 Å². The summed E-state index contributed by atoms with van der Waals surface area (Å²) in [6.45, 7) is 0.432. The van der Waals surface area contributed by atoms with Crippen LogP contribution in [0.1, 0.15) is 5.82 Å². The van der Waals surface area contributed by atoms with Gasteiger partial charge in [0.15, 0.2) is 5.82 Å². The van der Waals surface area contributed by atoms with Gasteiger partial charge in [-0.1, -0.05) is 29.8 Å². The van der Waals surface area contributed by atoms with Crippen molar-refractivity contribution >= 4 is 23.4 Å². The first kappa shape index (κ1) is 13.3. The van der Waals surface area contributed by atoms with Crippen molar-refractivity contribution in [2.75, 3.05) is 11.1 Å². The molecule has 0 fully saturated rings. The van der Waals surface area contributed by atoms with Gasteiger partial charge in [0.05, 0.1) is 6.54 Å². The van der Waals surface area contributed by atoms with E-state index in [-0.39, 0.29) is 11.1 Å². The van der Waals surface area contributed by atoms with E-state index in [1.54, 1.807) is 12.4 Å². The van der Waals surface area contributed by atoms with Gasteiger partial charge in [-0.05, 0) is 12.1 Å². The van der Waals surface area contributed by atoms with Crippen molar-refractivity contribution in [3.63, 3.8) is 0 Å². The van der Waals surface area contributed by atoms with Crippen LogP contribution in [0.5, 0.6) is 0 Å². The van der Waals surface area contributed by atoms with Crippen molar-refractivity contribution in [2.45, 2.75) is 6.54 Å². The van der Waals surface area contributed by atoms with Crippen LogP contribution in [-0.4, -0.2) is 24.7 Å². The summed E-state index contributed by atoms with van der Waals surface area (Å²) in [4.78, 5) is 7.85. The van der Waals surface area contributed by atoms with Crippen molar-refractivity contribution in [3.05, 3.63) is 53.7 Å². The lowest BCUT2D eigenvalue weighted by molar-refractivity contribution is 0.885. The number of aromatic nitrogens is 5. The van der Waals surface area contributed by atoms with Gasteiger partial charge >= 0.3 is 0 Å². The molecule has 0 spiro atoms. The number of hydrogen-bond acceptors (Lipinski definition) is 6. The van der Waals surface area contributed by atoms with E-state index >= 15 is 0 Å². The number of anilines is 2. The molecule has 21 heavy (non-hydrogen) atoms. The van der Waals surface area contributed by atoms with Crippen LogP contribution in [0.2, 0.25) is 5.15 Å². The summed E-state index contributed by atoms with van der Waals surface area (Å²) >= 11 is 5.83. The number of nitrogens with two attached hydrogens (primary N) is 1. The van der Waals surface area contributed by atoms with Gasteiger partial charge in [0.1, 0.15) is 17.3 Å². The Balaban J connectivity index is 1.79. The molecule has 0 bridgehead atoms. The second-order valence-corrected chi connectivity index (χ2v) is 4.63. The monoisotopic (exact) mass is 301 g/mol. The summed E-state index contributed by atoms with van der Waals surface area (Å²) in [5.74, 6) is 1.40. The molecule has 3 rings (SSSR count). The number of nitrogen functional groups attached to an aromatic ring is 1. The first-order chi connectivity index (χ1) is 10.2. The Bertz CT molecular complexity index is 721. The van der Waals surface area contributed by atoms with E-state index in [9.17, 15) is 0 Å². The van der Waals surface area contributed by atoms with Gasteiger partial charge < -0.3 is 11.1 Å². The van der Waals surface area contributed by atoms with Crippen LogP contribution in [0.4, 0.5) is 11.8 Å². The fraction of sp³-hybridized carbons (Fsp3) is 0.0769. The molecule has 0 aliphatic rings. The molecule has 2 aromatic heterocycles. The van der Waals surface area contributed by atoms with Crippen molar-refractivity contribution in [1.82, 2.24) is 24.7 Å². The van der Waals surface area contributed by atoms with Crippen LogP contribution in [0.3, 0.4) is 0 Å². The normalized spacial score (nSPS) is 10.5. The predicted octanol–water partition coefficient (Wildman–Crippen LogP) is 1.90. The number of rotatable bonds is 4. The lowest BCUT2D eigenvalue weighted by Gasteiger charge is -2.08. The zero-order valence-corrected chi connectivity index (χ0v) is 11.7. The molecule has 0 atom stereocenters. The molecule has 8 heteroatoms. The van der Waals surface area contributed by atoms with Gasteiger partial charge in [-0.25, -0.2) is 4.98 Å². The summed E-state index contributed by atoms with van der Waals surface area (Å²) in [7, 11) is 0. The van der Waals surface area contributed by atoms with E-state index in [0.717, 1.165) is 11.5 Å². The molecule has 0 unspecified atom stereocenters. The molecular formula is C13H12ClN7. The third-order valence-electron chi connectivity index (χ3n) is 2.79. The Morgan fingerprint density at radius 2 is 2.00 bits per heavy atom. The molecule has 2 heterocycles. The highest BCUT2D eigenvalue weighted by Crippen LogP contribution is 2.14. The number of hydrogen-bond donors (Lipinski definition) is 2. The summed E-state index contributed by atoms with van der Waals surface area (Å²) in [6.07, 6.45) is 1.66. The van der Waals surface area contributed by atoms with E-state index in [1.807, 2.05) is 34.9 Å². The number of benzene rings is 1. The Kier molecular flexibility index (Phi) is 3.65. The number of halogens is 1. The lowest BCUT2D eigenvalue weighted by atomic mass is 10.3. The second kappa shape index (κ2) is 5.76. The number of nitrogens with one attached hydrogen (secondary N) is 1.